The van der Waals surface area contributed by atoms with E-state index in [1.165, 1.54) is 31.2 Å². The van der Waals surface area contributed by atoms with Crippen LogP contribution in [0.3, 0.4) is 0 Å². The number of benzene rings is 1. The van der Waals surface area contributed by atoms with Crippen LogP contribution in [0.4, 0.5) is 4.39 Å². The molecule has 0 aliphatic carbocycles. The molecule has 0 N–H and O–H groups in total. The third-order valence-corrected chi connectivity index (χ3v) is 3.91. The molecular weight excluding hydrogens is 309 g/mol. The first-order valence-corrected chi connectivity index (χ1v) is 7.65. The van der Waals surface area contributed by atoms with Crippen molar-refractivity contribution in [3.8, 4) is 11.3 Å². The maximum atomic E-state index is 13.6. The van der Waals surface area contributed by atoms with Gasteiger partial charge in [-0.05, 0) is 25.1 Å². The maximum absolute atomic E-state index is 13.6. The van der Waals surface area contributed by atoms with Crippen LogP contribution >= 0.6 is 11.6 Å². The van der Waals surface area contributed by atoms with Gasteiger partial charge in [0.15, 0.2) is 5.76 Å². The molecule has 0 atom stereocenters. The number of rotatable bonds is 5. The molecule has 0 unspecified atom stereocenters. The van der Waals surface area contributed by atoms with Gasteiger partial charge in [0.25, 0.3) is 10.1 Å². The molecule has 1 aromatic heterocycles. The topological polar surface area (TPSA) is 69.4 Å². The molecule has 1 heterocycles. The Balaban J connectivity index is 2.19. The molecule has 0 bridgehead atoms. The molecule has 8 heteroatoms. The normalized spacial score (nSPS) is 11.8. The van der Waals surface area contributed by atoms with Crippen LogP contribution in [0.1, 0.15) is 12.6 Å². The molecule has 0 spiro atoms. The molecule has 20 heavy (non-hydrogen) atoms. The molecular formula is C12H11ClFNO4S. The first kappa shape index (κ1) is 15.0. The van der Waals surface area contributed by atoms with Crippen molar-refractivity contribution >= 4 is 21.7 Å². The van der Waals surface area contributed by atoms with E-state index in [9.17, 15) is 12.8 Å². The third-order valence-electron chi connectivity index (χ3n) is 2.49. The summed E-state index contributed by atoms with van der Waals surface area (Å²) in [5.41, 5.74) is 0.394. The van der Waals surface area contributed by atoms with Gasteiger partial charge in [-0.15, -0.1) is 0 Å². The lowest BCUT2D eigenvalue weighted by Gasteiger charge is -1.99. The summed E-state index contributed by atoms with van der Waals surface area (Å²) in [5, 5.41) is 3.98. The Bertz CT molecular complexity index is 714. The van der Waals surface area contributed by atoms with Crippen LogP contribution in [0.5, 0.6) is 0 Å². The van der Waals surface area contributed by atoms with Crippen molar-refractivity contribution in [3.05, 3.63) is 40.8 Å². The van der Waals surface area contributed by atoms with E-state index in [0.717, 1.165) is 0 Å². The molecule has 0 amide bonds. The highest BCUT2D eigenvalue weighted by Gasteiger charge is 2.14. The van der Waals surface area contributed by atoms with E-state index in [1.54, 1.807) is 0 Å². The third kappa shape index (κ3) is 3.56. The molecule has 5 nitrogen and oxygen atoms in total. The van der Waals surface area contributed by atoms with Crippen LogP contribution in [-0.4, -0.2) is 19.3 Å². The summed E-state index contributed by atoms with van der Waals surface area (Å²) < 4.78 is 45.7. The molecule has 0 fully saturated rings. The van der Waals surface area contributed by atoms with Crippen LogP contribution in [0.2, 0.25) is 5.02 Å². The second kappa shape index (κ2) is 5.90. The smallest absolute Gasteiger partial charge is 0.267 e. The summed E-state index contributed by atoms with van der Waals surface area (Å²) in [5.74, 6) is -0.502. The average Bonchev–Trinajstić information content (AvgIpc) is 2.88. The molecule has 1 aromatic carbocycles. The number of hydrogen-bond acceptors (Lipinski definition) is 5. The van der Waals surface area contributed by atoms with Crippen molar-refractivity contribution in [2.24, 2.45) is 0 Å². The fourth-order valence-corrected chi connectivity index (χ4v) is 2.07. The lowest BCUT2D eigenvalue weighted by Crippen LogP contribution is -2.07. The molecule has 0 radical (unpaired) electrons. The van der Waals surface area contributed by atoms with Gasteiger partial charge >= 0.3 is 0 Å². The van der Waals surface area contributed by atoms with Gasteiger partial charge in [-0.1, -0.05) is 16.8 Å². The predicted octanol–water partition coefficient (Wildman–Crippen LogP) is 3.00. The number of hydrogen-bond donors (Lipinski definition) is 0. The minimum absolute atomic E-state index is 0.138. The lowest BCUT2D eigenvalue weighted by molar-refractivity contribution is 0.293. The van der Waals surface area contributed by atoms with Gasteiger partial charge in [-0.2, -0.15) is 8.42 Å². The highest BCUT2D eigenvalue weighted by Crippen LogP contribution is 2.26. The lowest BCUT2D eigenvalue weighted by atomic mass is 10.1. The Morgan fingerprint density at radius 1 is 1.40 bits per heavy atom. The van der Waals surface area contributed by atoms with E-state index in [4.69, 9.17) is 20.3 Å². The van der Waals surface area contributed by atoms with Crippen LogP contribution in [-0.2, 0) is 20.9 Å². The van der Waals surface area contributed by atoms with Gasteiger partial charge in [0.2, 0.25) is 0 Å². The van der Waals surface area contributed by atoms with Crippen LogP contribution in [0.15, 0.2) is 28.8 Å². The minimum Gasteiger partial charge on any atom is -0.356 e. The summed E-state index contributed by atoms with van der Waals surface area (Å²) in [7, 11) is -3.56. The fraction of sp³-hybridized carbons (Fsp3) is 0.250. The number of nitrogens with zero attached hydrogens (tertiary/aromatic N) is 1. The molecule has 108 valence electrons. The SMILES string of the molecule is CCS(=O)(=O)OCc1cc(-c2cc(Cl)ccc2F)on1. The predicted molar refractivity (Wildman–Crippen MR) is 71.2 cm³/mol. The molecule has 0 saturated carbocycles. The highest BCUT2D eigenvalue weighted by molar-refractivity contribution is 7.86. The van der Waals surface area contributed by atoms with Crippen LogP contribution < -0.4 is 0 Å². The Morgan fingerprint density at radius 2 is 2.15 bits per heavy atom. The van der Waals surface area contributed by atoms with Gasteiger partial charge in [-0.25, -0.2) is 4.39 Å². The van der Waals surface area contributed by atoms with Gasteiger partial charge in [0, 0.05) is 11.1 Å². The van der Waals surface area contributed by atoms with E-state index in [2.05, 4.69) is 5.16 Å². The van der Waals surface area contributed by atoms with E-state index >= 15 is 0 Å². The van der Waals surface area contributed by atoms with Gasteiger partial charge in [-0.3, -0.25) is 4.18 Å². The van der Waals surface area contributed by atoms with Gasteiger partial charge in [0.05, 0.1) is 11.3 Å². The standard InChI is InChI=1S/C12H11ClFNO4S/c1-2-20(16,17)18-7-9-6-12(19-15-9)10-5-8(13)3-4-11(10)14/h3-6H,2,7H2,1H3. The average molecular weight is 320 g/mol. The van der Waals surface area contributed by atoms with E-state index < -0.39 is 15.9 Å². The summed E-state index contributed by atoms with van der Waals surface area (Å²) in [6.07, 6.45) is 0. The Labute approximate surface area is 120 Å². The summed E-state index contributed by atoms with van der Waals surface area (Å²) in [4.78, 5) is 0. The molecule has 2 aromatic rings. The monoisotopic (exact) mass is 319 g/mol. The minimum atomic E-state index is -3.56. The van der Waals surface area contributed by atoms with Gasteiger partial charge in [0.1, 0.15) is 18.1 Å². The molecule has 0 aliphatic heterocycles. The van der Waals surface area contributed by atoms with Crippen molar-refractivity contribution in [1.29, 1.82) is 0 Å². The quantitative estimate of drug-likeness (QED) is 0.792. The molecule has 0 aliphatic rings. The van der Waals surface area contributed by atoms with Crippen molar-refractivity contribution < 1.29 is 21.5 Å². The zero-order chi connectivity index (χ0) is 14.8. The van der Waals surface area contributed by atoms with Gasteiger partial charge < -0.3 is 4.52 Å². The van der Waals surface area contributed by atoms with Crippen LogP contribution in [0.25, 0.3) is 11.3 Å². The maximum Gasteiger partial charge on any atom is 0.267 e. The van der Waals surface area contributed by atoms with Crippen molar-refractivity contribution in [2.75, 3.05) is 5.75 Å². The fourth-order valence-electron chi connectivity index (χ4n) is 1.43. The summed E-state index contributed by atoms with van der Waals surface area (Å²) in [6.45, 7) is 1.20. The highest BCUT2D eigenvalue weighted by atomic mass is 35.5. The van der Waals surface area contributed by atoms with Crippen LogP contribution in [0, 0.1) is 5.82 Å². The zero-order valence-corrected chi connectivity index (χ0v) is 12.0. The second-order valence-corrected chi connectivity index (χ2v) is 6.28. The van der Waals surface area contributed by atoms with Crippen molar-refractivity contribution in [1.82, 2.24) is 5.16 Å². The Morgan fingerprint density at radius 3 is 2.85 bits per heavy atom. The first-order valence-electron chi connectivity index (χ1n) is 5.69. The first-order chi connectivity index (χ1) is 9.41. The van der Waals surface area contributed by atoms with E-state index in [0.29, 0.717) is 5.02 Å². The Kier molecular flexibility index (Phi) is 4.42. The number of aromatic nitrogens is 1. The van der Waals surface area contributed by atoms with Crippen molar-refractivity contribution in [2.45, 2.75) is 13.5 Å². The Hall–Kier alpha value is -1.44. The van der Waals surface area contributed by atoms with E-state index in [1.807, 2.05) is 0 Å². The largest absolute Gasteiger partial charge is 0.356 e. The molecule has 0 saturated heterocycles. The van der Waals surface area contributed by atoms with E-state index in [-0.39, 0.29) is 29.4 Å². The van der Waals surface area contributed by atoms with Crippen molar-refractivity contribution in [3.63, 3.8) is 0 Å². The molecule has 2 rings (SSSR count). The number of halogens is 2. The summed E-state index contributed by atoms with van der Waals surface area (Å²) in [6, 6.07) is 5.41. The summed E-state index contributed by atoms with van der Waals surface area (Å²) >= 11 is 5.78. The zero-order valence-electron chi connectivity index (χ0n) is 10.5. The second-order valence-electron chi connectivity index (χ2n) is 3.92.